The van der Waals surface area contributed by atoms with Crippen LogP contribution in [0.25, 0.3) is 12.2 Å². The Balaban J connectivity index is 1.66. The zero-order chi connectivity index (χ0) is 22.9. The number of hydrogen-bond acceptors (Lipinski definition) is 5. The predicted octanol–water partition coefficient (Wildman–Crippen LogP) is 5.22. The number of nitriles is 2. The molecule has 5 heteroatoms. The van der Waals surface area contributed by atoms with E-state index in [9.17, 15) is 4.79 Å². The van der Waals surface area contributed by atoms with E-state index in [0.717, 1.165) is 46.5 Å². The van der Waals surface area contributed by atoms with Gasteiger partial charge < -0.3 is 9.80 Å². The summed E-state index contributed by atoms with van der Waals surface area (Å²) in [4.78, 5) is 17.0. The van der Waals surface area contributed by atoms with Gasteiger partial charge in [0.15, 0.2) is 5.78 Å². The van der Waals surface area contributed by atoms with E-state index in [1.165, 1.54) is 0 Å². The number of benzene rings is 2. The van der Waals surface area contributed by atoms with Crippen molar-refractivity contribution in [3.05, 3.63) is 70.8 Å². The summed E-state index contributed by atoms with van der Waals surface area (Å²) in [6.45, 7) is 1.39. The monoisotopic (exact) mass is 424 g/mol. The lowest BCUT2D eigenvalue weighted by Gasteiger charge is -2.17. The van der Waals surface area contributed by atoms with Crippen molar-refractivity contribution in [3.8, 4) is 12.1 Å². The smallest absolute Gasteiger partial charge is 0.185 e. The van der Waals surface area contributed by atoms with Gasteiger partial charge in [-0.3, -0.25) is 4.79 Å². The minimum Gasteiger partial charge on any atom is -0.374 e. The van der Waals surface area contributed by atoms with E-state index in [1.807, 2.05) is 84.6 Å². The average Bonchev–Trinajstić information content (AvgIpc) is 3.15. The van der Waals surface area contributed by atoms with Gasteiger partial charge in [-0.1, -0.05) is 24.3 Å². The first-order valence-corrected chi connectivity index (χ1v) is 10.8. The molecule has 1 saturated carbocycles. The standard InChI is InChI=1S/C27H28N4O/c1-30(17-3-15-28)25-11-5-21(6-12-25)19-23-9-10-24(27(23)32)20-22-7-13-26(14-8-22)31(2)18-4-16-29/h5-8,11-14,19-20H,3-4,9-10,17-18H2,1-2H3/b23-19+,24-20+. The number of nitrogens with zero attached hydrogens (tertiary/aromatic N) is 4. The fourth-order valence-electron chi connectivity index (χ4n) is 3.72. The van der Waals surface area contributed by atoms with Crippen LogP contribution in [-0.2, 0) is 4.79 Å². The Bertz CT molecular complexity index is 995. The molecule has 0 N–H and O–H groups in total. The quantitative estimate of drug-likeness (QED) is 0.544. The molecule has 0 aliphatic heterocycles. The van der Waals surface area contributed by atoms with Gasteiger partial charge in [0, 0.05) is 49.7 Å². The average molecular weight is 425 g/mol. The zero-order valence-corrected chi connectivity index (χ0v) is 18.7. The number of rotatable bonds is 8. The van der Waals surface area contributed by atoms with Crippen LogP contribution >= 0.6 is 0 Å². The van der Waals surface area contributed by atoms with Crippen molar-refractivity contribution < 1.29 is 4.79 Å². The van der Waals surface area contributed by atoms with Crippen LogP contribution < -0.4 is 9.80 Å². The van der Waals surface area contributed by atoms with Gasteiger partial charge in [-0.05, 0) is 60.4 Å². The molecule has 0 amide bonds. The molecule has 0 saturated heterocycles. The number of carbonyl (C=O) groups excluding carboxylic acids is 1. The third-order valence-electron chi connectivity index (χ3n) is 5.71. The number of anilines is 2. The molecule has 0 aromatic heterocycles. The van der Waals surface area contributed by atoms with E-state index in [0.29, 0.717) is 25.9 Å². The number of Topliss-reactive ketones (excluding diaryl/α,β-unsaturated/α-hetero) is 1. The fraction of sp³-hybridized carbons (Fsp3) is 0.296. The number of hydrogen-bond donors (Lipinski definition) is 0. The molecule has 0 heterocycles. The molecule has 0 bridgehead atoms. The summed E-state index contributed by atoms with van der Waals surface area (Å²) in [5, 5.41) is 17.5. The molecular formula is C27H28N4O. The third kappa shape index (κ3) is 5.86. The van der Waals surface area contributed by atoms with Crippen molar-refractivity contribution in [2.24, 2.45) is 0 Å². The first kappa shape index (κ1) is 22.8. The van der Waals surface area contributed by atoms with E-state index in [1.54, 1.807) is 0 Å². The lowest BCUT2D eigenvalue weighted by molar-refractivity contribution is -0.111. The second-order valence-electron chi connectivity index (χ2n) is 8.01. The van der Waals surface area contributed by atoms with E-state index < -0.39 is 0 Å². The van der Waals surface area contributed by atoms with Crippen LogP contribution in [0.4, 0.5) is 11.4 Å². The molecule has 1 fully saturated rings. The molecule has 162 valence electrons. The van der Waals surface area contributed by atoms with Crippen LogP contribution in [0, 0.1) is 22.7 Å². The maximum Gasteiger partial charge on any atom is 0.185 e. The first-order chi connectivity index (χ1) is 15.5. The third-order valence-corrected chi connectivity index (χ3v) is 5.71. The molecule has 1 aliphatic carbocycles. The maximum atomic E-state index is 12.9. The van der Waals surface area contributed by atoms with E-state index in [-0.39, 0.29) is 5.78 Å². The summed E-state index contributed by atoms with van der Waals surface area (Å²) in [5.41, 5.74) is 5.82. The van der Waals surface area contributed by atoms with Crippen LogP contribution in [0.3, 0.4) is 0 Å². The van der Waals surface area contributed by atoms with Crippen molar-refractivity contribution >= 4 is 29.3 Å². The SMILES string of the molecule is CN(CCC#N)c1ccc(/C=C2\CC/C(=C\c3ccc(N(C)CCC#N)cc3)C2=O)cc1. The van der Waals surface area contributed by atoms with Gasteiger partial charge in [-0.15, -0.1) is 0 Å². The van der Waals surface area contributed by atoms with Gasteiger partial charge in [-0.25, -0.2) is 0 Å². The Morgan fingerprint density at radius 2 is 1.12 bits per heavy atom. The van der Waals surface area contributed by atoms with Gasteiger partial charge >= 0.3 is 0 Å². The summed E-state index contributed by atoms with van der Waals surface area (Å²) in [5.74, 6) is 0.121. The summed E-state index contributed by atoms with van der Waals surface area (Å²) in [6, 6.07) is 20.5. The summed E-state index contributed by atoms with van der Waals surface area (Å²) >= 11 is 0. The Hall–Kier alpha value is -3.83. The van der Waals surface area contributed by atoms with Gasteiger partial charge in [0.1, 0.15) is 0 Å². The highest BCUT2D eigenvalue weighted by atomic mass is 16.1. The predicted molar refractivity (Wildman–Crippen MR) is 130 cm³/mol. The Kier molecular flexibility index (Phi) is 7.84. The van der Waals surface area contributed by atoms with Gasteiger partial charge in [0.25, 0.3) is 0 Å². The number of allylic oxidation sites excluding steroid dienone is 2. The molecule has 2 aromatic rings. The minimum absolute atomic E-state index is 0.121. The van der Waals surface area contributed by atoms with Gasteiger partial charge in [0.2, 0.25) is 0 Å². The number of ketones is 1. The molecule has 1 aliphatic rings. The Morgan fingerprint density at radius 3 is 1.47 bits per heavy atom. The minimum atomic E-state index is 0.121. The summed E-state index contributed by atoms with van der Waals surface area (Å²) < 4.78 is 0. The van der Waals surface area contributed by atoms with E-state index in [4.69, 9.17) is 10.5 Å². The molecule has 0 spiro atoms. The van der Waals surface area contributed by atoms with Crippen LogP contribution in [0.15, 0.2) is 59.7 Å². The molecule has 3 rings (SSSR count). The van der Waals surface area contributed by atoms with Crippen molar-refractivity contribution in [3.63, 3.8) is 0 Å². The van der Waals surface area contributed by atoms with Crippen molar-refractivity contribution in [2.45, 2.75) is 25.7 Å². The van der Waals surface area contributed by atoms with E-state index >= 15 is 0 Å². The topological polar surface area (TPSA) is 71.1 Å². The molecule has 0 radical (unpaired) electrons. The summed E-state index contributed by atoms with van der Waals surface area (Å²) in [6.07, 6.45) is 6.46. The van der Waals surface area contributed by atoms with Crippen molar-refractivity contribution in [1.29, 1.82) is 10.5 Å². The highest BCUT2D eigenvalue weighted by Crippen LogP contribution is 2.30. The molecule has 32 heavy (non-hydrogen) atoms. The fourth-order valence-corrected chi connectivity index (χ4v) is 3.72. The van der Waals surface area contributed by atoms with Crippen LogP contribution in [0.1, 0.15) is 36.8 Å². The second kappa shape index (κ2) is 11.0. The molecule has 2 aromatic carbocycles. The summed E-state index contributed by atoms with van der Waals surface area (Å²) in [7, 11) is 3.94. The largest absolute Gasteiger partial charge is 0.374 e. The normalized spacial score (nSPS) is 15.6. The first-order valence-electron chi connectivity index (χ1n) is 10.8. The zero-order valence-electron chi connectivity index (χ0n) is 18.7. The molecular weight excluding hydrogens is 396 g/mol. The lowest BCUT2D eigenvalue weighted by Crippen LogP contribution is -2.17. The molecule has 0 unspecified atom stereocenters. The van der Waals surface area contributed by atoms with Crippen LogP contribution in [-0.4, -0.2) is 33.0 Å². The van der Waals surface area contributed by atoms with Crippen LogP contribution in [0.5, 0.6) is 0 Å². The lowest BCUT2D eigenvalue weighted by atomic mass is 10.1. The highest BCUT2D eigenvalue weighted by molar-refractivity contribution is 6.15. The van der Waals surface area contributed by atoms with Crippen molar-refractivity contribution in [2.75, 3.05) is 37.0 Å². The Labute approximate surface area is 190 Å². The Morgan fingerprint density at radius 1 is 0.750 bits per heavy atom. The van der Waals surface area contributed by atoms with Crippen molar-refractivity contribution in [1.82, 2.24) is 0 Å². The molecule has 0 atom stereocenters. The molecule has 5 nitrogen and oxygen atoms in total. The van der Waals surface area contributed by atoms with Gasteiger partial charge in [0.05, 0.1) is 25.0 Å². The van der Waals surface area contributed by atoms with E-state index in [2.05, 4.69) is 12.1 Å². The van der Waals surface area contributed by atoms with Gasteiger partial charge in [-0.2, -0.15) is 10.5 Å². The second-order valence-corrected chi connectivity index (χ2v) is 8.01. The van der Waals surface area contributed by atoms with Crippen LogP contribution in [0.2, 0.25) is 0 Å². The highest BCUT2D eigenvalue weighted by Gasteiger charge is 2.22. The number of carbonyl (C=O) groups is 1. The maximum absolute atomic E-state index is 12.9.